The zero-order chi connectivity index (χ0) is 20.2. The maximum Gasteiger partial charge on any atom is 0.190 e. The number of aliphatic hydroxyl groups excluding tert-OH is 1. The summed E-state index contributed by atoms with van der Waals surface area (Å²) in [6, 6.07) is 0. The van der Waals surface area contributed by atoms with Gasteiger partial charge in [-0.3, -0.25) is 4.79 Å². The Bertz CT molecular complexity index is 680. The van der Waals surface area contributed by atoms with Crippen molar-refractivity contribution in [1.82, 2.24) is 0 Å². The maximum atomic E-state index is 13.4. The molecule has 7 unspecified atom stereocenters. The number of fused-ring (bicyclic) bond motifs is 5. The number of hydrogen-bond donors (Lipinski definition) is 2. The number of hydrogen-bond acceptors (Lipinski definition) is 2. The molecule has 0 bridgehead atoms. The second-order valence-electron chi connectivity index (χ2n) is 11.8. The molecule has 1 heterocycles. The number of piperidine rings is 1. The van der Waals surface area contributed by atoms with Gasteiger partial charge in [-0.2, -0.15) is 0 Å². The van der Waals surface area contributed by atoms with Gasteiger partial charge in [-0.1, -0.05) is 25.5 Å². The Morgan fingerprint density at radius 3 is 2.66 bits per heavy atom. The predicted molar refractivity (Wildman–Crippen MR) is 116 cm³/mol. The van der Waals surface area contributed by atoms with Crippen LogP contribution in [0.3, 0.4) is 0 Å². The number of aliphatic hydroxyl groups is 1. The molecule has 3 nitrogen and oxygen atoms in total. The van der Waals surface area contributed by atoms with Crippen LogP contribution in [0.5, 0.6) is 0 Å². The van der Waals surface area contributed by atoms with Gasteiger partial charge in [0.25, 0.3) is 0 Å². The van der Waals surface area contributed by atoms with E-state index in [-0.39, 0.29) is 11.5 Å². The number of Topliss-reactive ketones (excluding diaryl/α,β-unsaturated/α-hetero) is 1. The average Bonchev–Trinajstić information content (AvgIpc) is 3.06. The molecular weight excluding hydrogens is 358 g/mol. The summed E-state index contributed by atoms with van der Waals surface area (Å²) < 4.78 is 0. The molecule has 29 heavy (non-hydrogen) atoms. The van der Waals surface area contributed by atoms with E-state index in [0.717, 1.165) is 50.0 Å². The molecule has 4 fully saturated rings. The van der Waals surface area contributed by atoms with Crippen molar-refractivity contribution in [3.63, 3.8) is 0 Å². The molecule has 1 aliphatic heterocycles. The van der Waals surface area contributed by atoms with Gasteiger partial charge in [0, 0.05) is 5.92 Å². The first-order valence-corrected chi connectivity index (χ1v) is 12.7. The van der Waals surface area contributed by atoms with E-state index in [1.54, 1.807) is 10.5 Å². The number of ketones is 1. The summed E-state index contributed by atoms with van der Waals surface area (Å²) in [5.41, 5.74) is 2.10. The third-order valence-corrected chi connectivity index (χ3v) is 10.5. The lowest BCUT2D eigenvalue weighted by Crippen LogP contribution is -3.13. The Labute approximate surface area is 177 Å². The van der Waals surface area contributed by atoms with Crippen LogP contribution in [0.1, 0.15) is 84.5 Å². The Morgan fingerprint density at radius 2 is 1.86 bits per heavy atom. The summed E-state index contributed by atoms with van der Waals surface area (Å²) in [5.74, 6) is 3.17. The van der Waals surface area contributed by atoms with E-state index in [4.69, 9.17) is 0 Å². The van der Waals surface area contributed by atoms with Crippen LogP contribution in [0.15, 0.2) is 11.6 Å². The Hall–Kier alpha value is -0.670. The van der Waals surface area contributed by atoms with Gasteiger partial charge in [0.1, 0.15) is 6.54 Å². The van der Waals surface area contributed by atoms with Crippen LogP contribution in [0.4, 0.5) is 0 Å². The highest BCUT2D eigenvalue weighted by molar-refractivity contribution is 5.83. The van der Waals surface area contributed by atoms with Crippen molar-refractivity contribution in [3.8, 4) is 0 Å². The van der Waals surface area contributed by atoms with Gasteiger partial charge in [0.2, 0.25) is 0 Å². The van der Waals surface area contributed by atoms with E-state index in [9.17, 15) is 9.90 Å². The van der Waals surface area contributed by atoms with Crippen LogP contribution in [0.2, 0.25) is 0 Å². The van der Waals surface area contributed by atoms with Gasteiger partial charge in [0.15, 0.2) is 5.78 Å². The molecule has 2 N–H and O–H groups in total. The fourth-order valence-corrected chi connectivity index (χ4v) is 8.77. The van der Waals surface area contributed by atoms with Crippen molar-refractivity contribution in [2.45, 2.75) is 90.6 Å². The van der Waals surface area contributed by atoms with Crippen LogP contribution < -0.4 is 4.90 Å². The van der Waals surface area contributed by atoms with Crippen LogP contribution in [-0.2, 0) is 4.79 Å². The van der Waals surface area contributed by atoms with Crippen molar-refractivity contribution < 1.29 is 14.8 Å². The van der Waals surface area contributed by atoms with E-state index in [2.05, 4.69) is 19.9 Å². The molecule has 4 aliphatic carbocycles. The SMILES string of the molecule is CC12CCC(O)CC1=CCC1C2CCC2(C)C(C(=O)C[NH+]3CCCCC3)CCC12. The van der Waals surface area contributed by atoms with Gasteiger partial charge in [-0.15, -0.1) is 0 Å². The number of allylic oxidation sites excluding steroid dienone is 1. The van der Waals surface area contributed by atoms with Crippen molar-refractivity contribution in [1.29, 1.82) is 0 Å². The standard InChI is InChI=1S/C26H41NO2/c1-25-12-10-19(28)16-18(25)6-7-20-21-8-9-23(26(21,2)13-11-22(20)25)24(29)17-27-14-4-3-5-15-27/h6,19-23,28H,3-5,7-17H2,1-2H3/p+1. The van der Waals surface area contributed by atoms with Crippen LogP contribution in [0, 0.1) is 34.5 Å². The molecule has 0 amide bonds. The van der Waals surface area contributed by atoms with Crippen LogP contribution >= 0.6 is 0 Å². The number of quaternary nitrogens is 1. The van der Waals surface area contributed by atoms with Crippen LogP contribution in [0.25, 0.3) is 0 Å². The normalized spacial score (nSPS) is 47.7. The predicted octanol–water partition coefficient (Wildman–Crippen LogP) is 3.56. The molecule has 0 radical (unpaired) electrons. The minimum Gasteiger partial charge on any atom is -0.393 e. The van der Waals surface area contributed by atoms with Crippen molar-refractivity contribution >= 4 is 5.78 Å². The summed E-state index contributed by atoms with van der Waals surface area (Å²) >= 11 is 0. The van der Waals surface area contributed by atoms with E-state index >= 15 is 0 Å². The Kier molecular flexibility index (Phi) is 5.22. The molecule has 0 aromatic rings. The third-order valence-electron chi connectivity index (χ3n) is 10.5. The number of carbonyl (C=O) groups is 1. The Balaban J connectivity index is 1.33. The molecule has 3 saturated carbocycles. The fourth-order valence-electron chi connectivity index (χ4n) is 8.77. The summed E-state index contributed by atoms with van der Waals surface area (Å²) in [6.45, 7) is 8.20. The van der Waals surface area contributed by atoms with Crippen molar-refractivity contribution in [2.75, 3.05) is 19.6 Å². The molecule has 1 saturated heterocycles. The minimum atomic E-state index is -0.120. The number of rotatable bonds is 3. The zero-order valence-electron chi connectivity index (χ0n) is 18.7. The van der Waals surface area contributed by atoms with E-state index in [1.807, 2.05) is 0 Å². The van der Waals surface area contributed by atoms with E-state index in [0.29, 0.717) is 17.1 Å². The summed E-state index contributed by atoms with van der Waals surface area (Å²) in [5, 5.41) is 10.2. The van der Waals surface area contributed by atoms with E-state index in [1.165, 1.54) is 58.0 Å². The number of carbonyl (C=O) groups excluding carboxylic acids is 1. The smallest absolute Gasteiger partial charge is 0.190 e. The average molecular weight is 401 g/mol. The highest BCUT2D eigenvalue weighted by Gasteiger charge is 2.59. The first-order chi connectivity index (χ1) is 13.9. The lowest BCUT2D eigenvalue weighted by Gasteiger charge is -2.57. The summed E-state index contributed by atoms with van der Waals surface area (Å²) in [6.07, 6.45) is 15.5. The van der Waals surface area contributed by atoms with Gasteiger partial charge in [-0.25, -0.2) is 0 Å². The van der Waals surface area contributed by atoms with Gasteiger partial charge in [0.05, 0.1) is 19.2 Å². The molecule has 5 rings (SSSR count). The van der Waals surface area contributed by atoms with Crippen molar-refractivity contribution in [2.24, 2.45) is 34.5 Å². The fraction of sp³-hybridized carbons (Fsp3) is 0.885. The molecule has 5 aliphatic rings. The second-order valence-corrected chi connectivity index (χ2v) is 11.8. The topological polar surface area (TPSA) is 41.7 Å². The minimum absolute atomic E-state index is 0.120. The molecule has 3 heteroatoms. The first kappa shape index (κ1) is 20.2. The van der Waals surface area contributed by atoms with Gasteiger partial charge in [-0.05, 0) is 99.2 Å². The molecule has 0 spiro atoms. The largest absolute Gasteiger partial charge is 0.393 e. The number of likely N-dealkylation sites (tertiary alicyclic amines) is 1. The highest BCUT2D eigenvalue weighted by Crippen LogP contribution is 2.66. The molecule has 162 valence electrons. The lowest BCUT2D eigenvalue weighted by atomic mass is 9.47. The van der Waals surface area contributed by atoms with Gasteiger partial charge < -0.3 is 10.0 Å². The second kappa shape index (κ2) is 7.48. The molecule has 7 atom stereocenters. The van der Waals surface area contributed by atoms with Crippen LogP contribution in [-0.4, -0.2) is 36.6 Å². The van der Waals surface area contributed by atoms with Gasteiger partial charge >= 0.3 is 0 Å². The lowest BCUT2D eigenvalue weighted by molar-refractivity contribution is -0.896. The summed E-state index contributed by atoms with van der Waals surface area (Å²) in [7, 11) is 0. The third kappa shape index (κ3) is 3.26. The maximum absolute atomic E-state index is 13.4. The zero-order valence-corrected chi connectivity index (χ0v) is 18.7. The highest BCUT2D eigenvalue weighted by atomic mass is 16.3. The monoisotopic (exact) mass is 400 g/mol. The van der Waals surface area contributed by atoms with E-state index < -0.39 is 0 Å². The molecule has 0 aromatic carbocycles. The first-order valence-electron chi connectivity index (χ1n) is 12.7. The Morgan fingerprint density at radius 1 is 1.07 bits per heavy atom. The number of nitrogens with one attached hydrogen (secondary N) is 1. The molecule has 0 aromatic heterocycles. The summed E-state index contributed by atoms with van der Waals surface area (Å²) in [4.78, 5) is 15.0. The van der Waals surface area contributed by atoms with Crippen molar-refractivity contribution in [3.05, 3.63) is 11.6 Å². The molecular formula is C26H42NO2+. The quantitative estimate of drug-likeness (QED) is 0.711.